The highest BCUT2D eigenvalue weighted by Gasteiger charge is 2.50. The molecule has 1 fully saturated rings. The van der Waals surface area contributed by atoms with E-state index in [9.17, 15) is 4.57 Å². The maximum absolute atomic E-state index is 13.1. The van der Waals surface area contributed by atoms with E-state index >= 15 is 0 Å². The lowest BCUT2D eigenvalue weighted by Gasteiger charge is -2.47. The highest BCUT2D eigenvalue weighted by Crippen LogP contribution is 2.59. The summed E-state index contributed by atoms with van der Waals surface area (Å²) < 4.78 is 18.9. The Labute approximate surface area is 103 Å². The van der Waals surface area contributed by atoms with Crippen LogP contribution in [0.2, 0.25) is 0 Å². The van der Waals surface area contributed by atoms with Crippen LogP contribution >= 0.6 is 7.37 Å². The van der Waals surface area contributed by atoms with Crippen LogP contribution in [0.4, 0.5) is 0 Å². The van der Waals surface area contributed by atoms with Crippen LogP contribution in [0.3, 0.4) is 0 Å². The third-order valence-corrected chi connectivity index (χ3v) is 6.14. The van der Waals surface area contributed by atoms with Crippen LogP contribution in [0.5, 0.6) is 0 Å². The summed E-state index contributed by atoms with van der Waals surface area (Å²) in [5.74, 6) is 0. The van der Waals surface area contributed by atoms with E-state index in [0.29, 0.717) is 6.61 Å². The number of hydrogen-bond donors (Lipinski definition) is 1. The molecule has 1 aromatic rings. The van der Waals surface area contributed by atoms with E-state index in [4.69, 9.17) is 4.52 Å². The molecule has 94 valence electrons. The van der Waals surface area contributed by atoms with Gasteiger partial charge in [-0.2, -0.15) is 0 Å². The summed E-state index contributed by atoms with van der Waals surface area (Å²) in [5.41, 5.74) is -0.147. The fraction of sp³-hybridized carbons (Fsp3) is 0.538. The van der Waals surface area contributed by atoms with Crippen molar-refractivity contribution >= 4 is 12.7 Å². The molecule has 0 bridgehead atoms. The zero-order chi connectivity index (χ0) is 12.7. The van der Waals surface area contributed by atoms with Gasteiger partial charge >= 0.3 is 0 Å². The molecule has 1 aromatic carbocycles. The second kappa shape index (κ2) is 3.94. The first-order valence-corrected chi connectivity index (χ1v) is 7.49. The van der Waals surface area contributed by atoms with E-state index in [1.54, 1.807) is 0 Å². The summed E-state index contributed by atoms with van der Waals surface area (Å²) in [6.45, 7) is 8.47. The highest BCUT2D eigenvalue weighted by molar-refractivity contribution is 7.68. The Hall–Kier alpha value is -0.630. The zero-order valence-electron chi connectivity index (χ0n) is 10.9. The number of hydrogen-bond acceptors (Lipinski definition) is 3. The first kappa shape index (κ1) is 12.8. The van der Waals surface area contributed by atoms with Gasteiger partial charge in [-0.05, 0) is 39.8 Å². The Kier molecular flexibility index (Phi) is 2.97. The predicted octanol–water partition coefficient (Wildman–Crippen LogP) is 2.72. The van der Waals surface area contributed by atoms with E-state index in [2.05, 4.69) is 19.2 Å². The molecular formula is C13H20NO2P. The smallest absolute Gasteiger partial charge is 0.251 e. The van der Waals surface area contributed by atoms with Crippen LogP contribution in [0.1, 0.15) is 27.7 Å². The average molecular weight is 253 g/mol. The molecule has 0 spiro atoms. The first-order valence-electron chi connectivity index (χ1n) is 5.87. The highest BCUT2D eigenvalue weighted by atomic mass is 31.2. The minimum absolute atomic E-state index is 0.147. The number of benzene rings is 1. The van der Waals surface area contributed by atoms with Gasteiger partial charge < -0.3 is 4.52 Å². The van der Waals surface area contributed by atoms with Gasteiger partial charge in [0.05, 0.1) is 11.9 Å². The molecule has 3 nitrogen and oxygen atoms in total. The lowest BCUT2D eigenvalue weighted by molar-refractivity contribution is 0.147. The van der Waals surface area contributed by atoms with Gasteiger partial charge in [-0.1, -0.05) is 18.2 Å². The molecule has 0 amide bonds. The Balaban J connectivity index is 2.43. The van der Waals surface area contributed by atoms with Gasteiger partial charge in [-0.3, -0.25) is 9.88 Å². The number of nitrogens with one attached hydrogen (secondary N) is 1. The lowest BCUT2D eigenvalue weighted by atomic mass is 10.1. The second-order valence-corrected chi connectivity index (χ2v) is 8.72. The maximum Gasteiger partial charge on any atom is 0.251 e. The predicted molar refractivity (Wildman–Crippen MR) is 70.9 cm³/mol. The lowest BCUT2D eigenvalue weighted by Crippen LogP contribution is -2.59. The van der Waals surface area contributed by atoms with E-state index in [1.165, 1.54) is 0 Å². The molecule has 1 N–H and O–H groups in total. The van der Waals surface area contributed by atoms with Crippen LogP contribution in [0.15, 0.2) is 30.3 Å². The van der Waals surface area contributed by atoms with Gasteiger partial charge in [-0.15, -0.1) is 0 Å². The molecule has 1 aliphatic rings. The van der Waals surface area contributed by atoms with Crippen molar-refractivity contribution in [2.75, 3.05) is 6.61 Å². The Morgan fingerprint density at radius 1 is 1.18 bits per heavy atom. The Morgan fingerprint density at radius 2 is 1.76 bits per heavy atom. The van der Waals surface area contributed by atoms with Crippen molar-refractivity contribution < 1.29 is 9.09 Å². The van der Waals surface area contributed by atoms with Crippen molar-refractivity contribution in [2.24, 2.45) is 0 Å². The molecule has 0 unspecified atom stereocenters. The SMILES string of the molecule is CC1(C)CO[P@](=O)(c2ccccc2)C(C)(C)N1. The molecule has 0 saturated carbocycles. The topological polar surface area (TPSA) is 38.3 Å². The van der Waals surface area contributed by atoms with E-state index in [0.717, 1.165) is 5.30 Å². The van der Waals surface area contributed by atoms with Gasteiger partial charge in [0.25, 0.3) is 7.37 Å². The quantitative estimate of drug-likeness (QED) is 0.782. The molecular weight excluding hydrogens is 233 g/mol. The summed E-state index contributed by atoms with van der Waals surface area (Å²) in [6, 6.07) is 9.47. The molecule has 1 aliphatic heterocycles. The summed E-state index contributed by atoms with van der Waals surface area (Å²) in [7, 11) is -2.86. The Bertz CT molecular complexity index is 454. The van der Waals surface area contributed by atoms with Gasteiger partial charge in [0.15, 0.2) is 0 Å². The maximum atomic E-state index is 13.1. The summed E-state index contributed by atoms with van der Waals surface area (Å²) >= 11 is 0. The van der Waals surface area contributed by atoms with E-state index in [-0.39, 0.29) is 5.54 Å². The third kappa shape index (κ3) is 2.20. The first-order chi connectivity index (χ1) is 7.77. The molecule has 4 heteroatoms. The van der Waals surface area contributed by atoms with Gasteiger partial charge in [0.1, 0.15) is 0 Å². The minimum atomic E-state index is -2.86. The largest absolute Gasteiger partial charge is 0.322 e. The van der Waals surface area contributed by atoms with Crippen LogP contribution in [0.25, 0.3) is 0 Å². The molecule has 17 heavy (non-hydrogen) atoms. The van der Waals surface area contributed by atoms with Gasteiger partial charge in [0, 0.05) is 10.8 Å². The molecule has 1 saturated heterocycles. The van der Waals surface area contributed by atoms with Crippen LogP contribution < -0.4 is 10.6 Å². The summed E-state index contributed by atoms with van der Waals surface area (Å²) in [6.07, 6.45) is 0. The van der Waals surface area contributed by atoms with E-state index in [1.807, 2.05) is 44.2 Å². The normalized spacial score (nSPS) is 31.1. The van der Waals surface area contributed by atoms with Crippen molar-refractivity contribution in [3.63, 3.8) is 0 Å². The van der Waals surface area contributed by atoms with Crippen molar-refractivity contribution in [2.45, 2.75) is 38.5 Å². The molecule has 1 heterocycles. The number of rotatable bonds is 1. The fourth-order valence-electron chi connectivity index (χ4n) is 2.37. The molecule has 0 aliphatic carbocycles. The third-order valence-electron chi connectivity index (χ3n) is 3.08. The van der Waals surface area contributed by atoms with Gasteiger partial charge in [0.2, 0.25) is 0 Å². The molecule has 0 aromatic heterocycles. The monoisotopic (exact) mass is 253 g/mol. The fourth-order valence-corrected chi connectivity index (χ4v) is 5.01. The van der Waals surface area contributed by atoms with Crippen molar-refractivity contribution in [3.05, 3.63) is 30.3 Å². The van der Waals surface area contributed by atoms with Crippen LogP contribution in [-0.4, -0.2) is 17.4 Å². The molecule has 1 atom stereocenters. The van der Waals surface area contributed by atoms with Crippen LogP contribution in [-0.2, 0) is 9.09 Å². The molecule has 0 radical (unpaired) electrons. The average Bonchev–Trinajstić information content (AvgIpc) is 2.24. The minimum Gasteiger partial charge on any atom is -0.322 e. The second-order valence-electron chi connectivity index (χ2n) is 5.73. The standard InChI is InChI=1S/C13H20NO2P/c1-12(2)10-16-17(15,13(3,4)14-12)11-8-6-5-7-9-11/h5-9,14H,10H2,1-4H3/t17-/m1/s1. The summed E-state index contributed by atoms with van der Waals surface area (Å²) in [5, 5.41) is 3.67. The van der Waals surface area contributed by atoms with Crippen molar-refractivity contribution in [1.29, 1.82) is 0 Å². The summed E-state index contributed by atoms with van der Waals surface area (Å²) in [4.78, 5) is 0. The van der Waals surface area contributed by atoms with Crippen molar-refractivity contribution in [1.82, 2.24) is 5.32 Å². The van der Waals surface area contributed by atoms with Crippen LogP contribution in [0, 0.1) is 0 Å². The zero-order valence-corrected chi connectivity index (χ0v) is 11.8. The van der Waals surface area contributed by atoms with Crippen molar-refractivity contribution in [3.8, 4) is 0 Å². The van der Waals surface area contributed by atoms with E-state index < -0.39 is 12.6 Å². The molecule has 2 rings (SSSR count). The Morgan fingerprint density at radius 3 is 2.29 bits per heavy atom. The van der Waals surface area contributed by atoms with Gasteiger partial charge in [-0.25, -0.2) is 0 Å².